The van der Waals surface area contributed by atoms with Crippen molar-refractivity contribution < 1.29 is 4.79 Å². The summed E-state index contributed by atoms with van der Waals surface area (Å²) < 4.78 is 0. The van der Waals surface area contributed by atoms with Gasteiger partial charge < -0.3 is 0 Å². The number of allylic oxidation sites excluding steroid dienone is 2. The Bertz CT molecular complexity index is 463. The molecule has 0 spiro atoms. The zero-order valence-corrected chi connectivity index (χ0v) is 15.0. The van der Waals surface area contributed by atoms with E-state index in [4.69, 9.17) is 0 Å². The van der Waals surface area contributed by atoms with Crippen molar-refractivity contribution >= 4 is 5.78 Å². The van der Waals surface area contributed by atoms with Gasteiger partial charge in [-0.05, 0) is 74.0 Å². The largest absolute Gasteiger partial charge is 0.299 e. The van der Waals surface area contributed by atoms with Crippen LogP contribution in [-0.2, 0) is 4.79 Å². The average Bonchev–Trinajstić information content (AvgIpc) is 2.92. The maximum atomic E-state index is 12.1. The number of hydrogen-bond donors (Lipinski definition) is 0. The van der Waals surface area contributed by atoms with Gasteiger partial charge in [0.2, 0.25) is 0 Å². The monoisotopic (exact) mass is 302 g/mol. The van der Waals surface area contributed by atoms with Crippen molar-refractivity contribution in [2.24, 2.45) is 35.0 Å². The molecule has 0 heterocycles. The molecule has 4 aliphatic rings. The topological polar surface area (TPSA) is 17.1 Å². The molecule has 0 amide bonds. The van der Waals surface area contributed by atoms with Crippen LogP contribution in [0.4, 0.5) is 0 Å². The van der Waals surface area contributed by atoms with Crippen LogP contribution in [0.1, 0.15) is 79.1 Å². The molecule has 1 heteroatoms. The number of hydrogen-bond acceptors (Lipinski definition) is 1. The Morgan fingerprint density at radius 2 is 1.86 bits per heavy atom. The highest BCUT2D eigenvalue weighted by Crippen LogP contribution is 2.61. The molecule has 22 heavy (non-hydrogen) atoms. The minimum absolute atomic E-state index is 0.442. The summed E-state index contributed by atoms with van der Waals surface area (Å²) >= 11 is 0. The van der Waals surface area contributed by atoms with Crippen molar-refractivity contribution in [1.82, 2.24) is 0 Å². The van der Waals surface area contributed by atoms with E-state index >= 15 is 0 Å². The summed E-state index contributed by atoms with van der Waals surface area (Å²) in [5.74, 6) is 4.35. The second-order valence-corrected chi connectivity index (χ2v) is 8.35. The Morgan fingerprint density at radius 1 is 1.09 bits per heavy atom. The van der Waals surface area contributed by atoms with Crippen LogP contribution in [0.3, 0.4) is 0 Å². The minimum atomic E-state index is 0.442. The lowest BCUT2D eigenvalue weighted by atomic mass is 9.50. The van der Waals surface area contributed by atoms with E-state index < -0.39 is 0 Å². The third kappa shape index (κ3) is 2.39. The fraction of sp³-hybridized carbons (Fsp3) is 0.857. The van der Waals surface area contributed by atoms with Crippen molar-refractivity contribution in [3.8, 4) is 0 Å². The lowest BCUT2D eigenvalue weighted by molar-refractivity contribution is -0.123. The number of carbonyl (C=O) groups is 1. The van der Waals surface area contributed by atoms with E-state index in [1.54, 1.807) is 5.57 Å². The summed E-state index contributed by atoms with van der Waals surface area (Å²) in [4.78, 5) is 12.1. The van der Waals surface area contributed by atoms with E-state index in [0.29, 0.717) is 17.1 Å². The van der Waals surface area contributed by atoms with Gasteiger partial charge >= 0.3 is 0 Å². The van der Waals surface area contributed by atoms with E-state index in [0.717, 1.165) is 30.1 Å². The molecule has 4 rings (SSSR count). The van der Waals surface area contributed by atoms with Crippen molar-refractivity contribution in [1.29, 1.82) is 0 Å². The highest BCUT2D eigenvalue weighted by Gasteiger charge is 2.53. The van der Waals surface area contributed by atoms with Gasteiger partial charge in [0, 0.05) is 12.3 Å². The van der Waals surface area contributed by atoms with Gasteiger partial charge in [-0.25, -0.2) is 0 Å². The summed E-state index contributed by atoms with van der Waals surface area (Å²) in [6, 6.07) is 0. The third-order valence-corrected chi connectivity index (χ3v) is 7.42. The van der Waals surface area contributed by atoms with Gasteiger partial charge in [-0.15, -0.1) is 0 Å². The van der Waals surface area contributed by atoms with Crippen molar-refractivity contribution in [2.45, 2.75) is 79.1 Å². The smallest absolute Gasteiger partial charge is 0.136 e. The Morgan fingerprint density at radius 3 is 2.64 bits per heavy atom. The number of Topliss-reactive ketones (excluding diaryl/α,β-unsaturated/α-hetero) is 1. The van der Waals surface area contributed by atoms with E-state index in [9.17, 15) is 4.79 Å². The van der Waals surface area contributed by atoms with Crippen molar-refractivity contribution in [3.63, 3.8) is 0 Å². The lowest BCUT2D eigenvalue weighted by Crippen LogP contribution is -2.46. The van der Waals surface area contributed by atoms with Gasteiger partial charge in [-0.3, -0.25) is 4.79 Å². The highest BCUT2D eigenvalue weighted by molar-refractivity contribution is 5.83. The molecule has 124 valence electrons. The normalized spacial score (nSPS) is 46.6. The van der Waals surface area contributed by atoms with Gasteiger partial charge in [-0.2, -0.15) is 0 Å². The van der Waals surface area contributed by atoms with E-state index in [2.05, 4.69) is 19.9 Å². The van der Waals surface area contributed by atoms with E-state index in [-0.39, 0.29) is 0 Å². The van der Waals surface area contributed by atoms with Gasteiger partial charge in [0.1, 0.15) is 5.78 Å². The fourth-order valence-corrected chi connectivity index (χ4v) is 6.26. The van der Waals surface area contributed by atoms with Crippen LogP contribution in [0, 0.1) is 35.0 Å². The molecule has 0 aliphatic heterocycles. The SMILES string of the molecule is CC.CC1CCC2(C)C(=CCC3C4CCC(=O)C4CCC32)C1. The Kier molecular flexibility index (Phi) is 4.54. The zero-order chi connectivity index (χ0) is 15.9. The molecule has 0 N–H and O–H groups in total. The number of fused-ring (bicyclic) bond motifs is 5. The highest BCUT2D eigenvalue weighted by atomic mass is 16.1. The van der Waals surface area contributed by atoms with Crippen LogP contribution in [-0.4, -0.2) is 5.78 Å². The molecule has 0 aromatic rings. The number of rotatable bonds is 0. The molecule has 0 aromatic carbocycles. The fourth-order valence-electron chi connectivity index (χ4n) is 6.26. The first kappa shape index (κ1) is 16.3. The Balaban J connectivity index is 0.000000693. The van der Waals surface area contributed by atoms with Crippen LogP contribution < -0.4 is 0 Å². The summed E-state index contributed by atoms with van der Waals surface area (Å²) in [7, 11) is 0. The average molecular weight is 303 g/mol. The molecule has 6 unspecified atom stereocenters. The quantitative estimate of drug-likeness (QED) is 0.517. The second kappa shape index (κ2) is 6.13. The standard InChI is InChI=1S/C19H28O.C2H6/c1-12-9-10-19(2)13(11-12)3-4-15-14-6-8-18(20)16(14)5-7-17(15)19;1-2/h3,12,14-17H,4-11H2,1-2H3;1-2H3. The van der Waals surface area contributed by atoms with E-state index in [1.807, 2.05) is 13.8 Å². The van der Waals surface area contributed by atoms with Gasteiger partial charge in [0.05, 0.1) is 0 Å². The molecule has 0 aromatic heterocycles. The predicted octanol–water partition coefficient (Wildman–Crippen LogP) is 5.79. The second-order valence-electron chi connectivity index (χ2n) is 8.35. The molecule has 3 saturated carbocycles. The van der Waals surface area contributed by atoms with Gasteiger partial charge in [0.25, 0.3) is 0 Å². The van der Waals surface area contributed by atoms with Crippen LogP contribution >= 0.6 is 0 Å². The Labute approximate surface area is 136 Å². The molecule has 3 fully saturated rings. The summed E-state index contributed by atoms with van der Waals surface area (Å²) in [5.41, 5.74) is 2.26. The number of carbonyl (C=O) groups excluding carboxylic acids is 1. The molecule has 6 atom stereocenters. The molecule has 0 bridgehead atoms. The maximum absolute atomic E-state index is 12.1. The van der Waals surface area contributed by atoms with Gasteiger partial charge in [0.15, 0.2) is 0 Å². The molecular weight excluding hydrogens is 268 g/mol. The molecule has 4 aliphatic carbocycles. The first-order valence-corrected chi connectivity index (χ1v) is 9.82. The molecule has 1 nitrogen and oxygen atoms in total. The first-order chi connectivity index (χ1) is 10.6. The summed E-state index contributed by atoms with van der Waals surface area (Å²) in [5, 5.41) is 0. The van der Waals surface area contributed by atoms with Crippen molar-refractivity contribution in [2.75, 3.05) is 0 Å². The van der Waals surface area contributed by atoms with Crippen LogP contribution in [0.25, 0.3) is 0 Å². The summed E-state index contributed by atoms with van der Waals surface area (Å²) in [6.45, 7) is 8.97. The van der Waals surface area contributed by atoms with Crippen LogP contribution in [0.2, 0.25) is 0 Å². The minimum Gasteiger partial charge on any atom is -0.299 e. The molecular formula is C21H34O. The predicted molar refractivity (Wildman–Crippen MR) is 92.6 cm³/mol. The van der Waals surface area contributed by atoms with Crippen molar-refractivity contribution in [3.05, 3.63) is 11.6 Å². The summed E-state index contributed by atoms with van der Waals surface area (Å²) in [6.07, 6.45) is 12.6. The van der Waals surface area contributed by atoms with Crippen LogP contribution in [0.5, 0.6) is 0 Å². The maximum Gasteiger partial charge on any atom is 0.136 e. The Hall–Kier alpha value is -0.590. The van der Waals surface area contributed by atoms with E-state index in [1.165, 1.54) is 44.9 Å². The van der Waals surface area contributed by atoms with Gasteiger partial charge in [-0.1, -0.05) is 39.3 Å². The number of ketones is 1. The third-order valence-electron chi connectivity index (χ3n) is 7.42. The first-order valence-electron chi connectivity index (χ1n) is 9.82. The molecule has 0 saturated heterocycles. The lowest BCUT2D eigenvalue weighted by Gasteiger charge is -2.55. The van der Waals surface area contributed by atoms with Crippen LogP contribution in [0.15, 0.2) is 11.6 Å². The molecule has 0 radical (unpaired) electrons. The zero-order valence-electron chi connectivity index (χ0n) is 15.0.